The number of aliphatic hydroxyl groups is 4. The summed E-state index contributed by atoms with van der Waals surface area (Å²) in [6.45, 7) is 7.17. The Morgan fingerprint density at radius 2 is 1.85 bits per heavy atom. The second-order valence-electron chi connectivity index (χ2n) is 18.7. The van der Waals surface area contributed by atoms with Crippen LogP contribution in [0.15, 0.2) is 42.0 Å². The standard InChI is InChI=1S/C43H57NO8/c1-23(2)24(3)38-39(52-38)42(50)13-4-7-26-19-30-31(21-32(46)36-29-8-5-12-40(30,36)22-33(47)37(29)49)43(51)15-11-34(42)41(26,43)14-10-25-17-27(20-28(45)18-25)44-16-6-9-35(44)48/h4,7,17-18,20-21,23-24,26,29-30,33-34,36-39,45,47,49-51H,5-6,8-16,19,22H2,1-3H3. The molecule has 0 aromatic heterocycles. The van der Waals surface area contributed by atoms with Gasteiger partial charge in [-0.15, -0.1) is 0 Å². The number of hydrogen-bond donors (Lipinski definition) is 5. The summed E-state index contributed by atoms with van der Waals surface area (Å²) in [5.41, 5.74) is -1.66. The van der Waals surface area contributed by atoms with E-state index < -0.39 is 34.2 Å². The second kappa shape index (κ2) is 12.0. The molecule has 2 bridgehead atoms. The second-order valence-corrected chi connectivity index (χ2v) is 18.7. The van der Waals surface area contributed by atoms with Crippen LogP contribution >= 0.6 is 0 Å². The molecule has 14 atom stereocenters. The number of ketones is 1. The van der Waals surface area contributed by atoms with Crippen LogP contribution in [0.2, 0.25) is 0 Å². The van der Waals surface area contributed by atoms with Gasteiger partial charge in [-0.05, 0) is 129 Å². The SMILES string of the molecule is CC(C)C(C)C1OC1C1(O)CC=CC2CC3C(=CC(=O)C4C5CCCC34CC(O)C5O)C3(O)CCC1C23CCc1cc(O)cc(N2CCCC2=O)c1. The van der Waals surface area contributed by atoms with Gasteiger partial charge in [0, 0.05) is 42.0 Å². The maximum atomic E-state index is 14.4. The van der Waals surface area contributed by atoms with Gasteiger partial charge in [0.05, 0.1) is 23.9 Å². The molecule has 6 fully saturated rings. The number of nitrogens with zero attached hydrogens (tertiary/aromatic N) is 1. The maximum absolute atomic E-state index is 14.4. The molecule has 282 valence electrons. The van der Waals surface area contributed by atoms with Crippen LogP contribution in [0.3, 0.4) is 0 Å². The summed E-state index contributed by atoms with van der Waals surface area (Å²) < 4.78 is 6.42. The van der Waals surface area contributed by atoms with Crippen molar-refractivity contribution in [3.05, 3.63) is 47.6 Å². The van der Waals surface area contributed by atoms with E-state index in [1.165, 1.54) is 0 Å². The number of carbonyl (C=O) groups excluding carboxylic acids is 2. The molecule has 1 aromatic carbocycles. The number of rotatable bonds is 7. The third-order valence-electron chi connectivity index (χ3n) is 16.3. The van der Waals surface area contributed by atoms with Crippen molar-refractivity contribution in [3.8, 4) is 5.75 Å². The lowest BCUT2D eigenvalue weighted by molar-refractivity contribution is -0.202. The molecule has 4 saturated carbocycles. The number of phenols is 1. The van der Waals surface area contributed by atoms with Gasteiger partial charge in [-0.25, -0.2) is 0 Å². The molecule has 6 aliphatic carbocycles. The predicted octanol–water partition coefficient (Wildman–Crippen LogP) is 5.00. The number of fused-ring (bicyclic) bond motifs is 2. The van der Waals surface area contributed by atoms with Gasteiger partial charge in [0.15, 0.2) is 5.78 Å². The fourth-order valence-corrected chi connectivity index (χ4v) is 13.8. The van der Waals surface area contributed by atoms with Crippen molar-refractivity contribution in [1.82, 2.24) is 0 Å². The zero-order valence-corrected chi connectivity index (χ0v) is 30.9. The van der Waals surface area contributed by atoms with Crippen molar-refractivity contribution >= 4 is 17.4 Å². The molecule has 9 rings (SSSR count). The molecule has 1 aromatic rings. The number of amides is 1. The topological polar surface area (TPSA) is 151 Å². The van der Waals surface area contributed by atoms with Crippen LogP contribution < -0.4 is 4.90 Å². The van der Waals surface area contributed by atoms with Crippen LogP contribution in [0.25, 0.3) is 0 Å². The normalized spacial score (nSPS) is 46.7. The number of phenolic OH excluding ortho intramolecular Hbond substituents is 1. The highest BCUT2D eigenvalue weighted by molar-refractivity contribution is 5.96. The van der Waals surface area contributed by atoms with E-state index in [0.717, 1.165) is 30.4 Å². The zero-order chi connectivity index (χ0) is 36.5. The molecule has 14 unspecified atom stereocenters. The fourth-order valence-electron chi connectivity index (χ4n) is 13.8. The fraction of sp³-hybridized carbons (Fsp3) is 0.721. The van der Waals surface area contributed by atoms with Crippen LogP contribution in [0.1, 0.15) is 97.0 Å². The van der Waals surface area contributed by atoms with Gasteiger partial charge in [-0.2, -0.15) is 0 Å². The zero-order valence-electron chi connectivity index (χ0n) is 30.9. The summed E-state index contributed by atoms with van der Waals surface area (Å²) >= 11 is 0. The smallest absolute Gasteiger partial charge is 0.227 e. The minimum absolute atomic E-state index is 0.0314. The number of hydrogen-bond acceptors (Lipinski definition) is 8. The number of aromatic hydroxyl groups is 1. The van der Waals surface area contributed by atoms with E-state index in [4.69, 9.17) is 4.74 Å². The molecule has 52 heavy (non-hydrogen) atoms. The van der Waals surface area contributed by atoms with Gasteiger partial charge in [0.2, 0.25) is 5.91 Å². The summed E-state index contributed by atoms with van der Waals surface area (Å²) in [7, 11) is 0. The molecular weight excluding hydrogens is 658 g/mol. The first-order valence-corrected chi connectivity index (χ1v) is 20.3. The molecule has 2 saturated heterocycles. The number of allylic oxidation sites excluding steroid dienone is 2. The highest BCUT2D eigenvalue weighted by Crippen LogP contribution is 2.75. The van der Waals surface area contributed by atoms with Crippen LogP contribution in [-0.2, 0) is 20.7 Å². The van der Waals surface area contributed by atoms with Gasteiger partial charge in [-0.3, -0.25) is 9.59 Å². The first-order valence-electron chi connectivity index (χ1n) is 20.3. The Kier molecular flexibility index (Phi) is 8.09. The summed E-state index contributed by atoms with van der Waals surface area (Å²) in [5, 5.41) is 60.0. The molecule has 1 amide bonds. The molecule has 0 radical (unpaired) electrons. The summed E-state index contributed by atoms with van der Waals surface area (Å²) in [6, 6.07) is 5.38. The number of epoxide rings is 1. The Balaban J connectivity index is 1.16. The number of aryl methyl sites for hydroxylation is 1. The quantitative estimate of drug-likeness (QED) is 0.196. The van der Waals surface area contributed by atoms with Crippen LogP contribution in [0.4, 0.5) is 5.69 Å². The van der Waals surface area contributed by atoms with E-state index >= 15 is 0 Å². The van der Waals surface area contributed by atoms with Gasteiger partial charge < -0.3 is 35.2 Å². The lowest BCUT2D eigenvalue weighted by Crippen LogP contribution is -2.68. The van der Waals surface area contributed by atoms with E-state index in [2.05, 4.69) is 32.9 Å². The Hall–Kier alpha value is -2.56. The van der Waals surface area contributed by atoms with Gasteiger partial charge >= 0.3 is 0 Å². The van der Waals surface area contributed by atoms with Gasteiger partial charge in [0.25, 0.3) is 0 Å². The van der Waals surface area contributed by atoms with Crippen molar-refractivity contribution in [2.75, 3.05) is 11.4 Å². The highest BCUT2D eigenvalue weighted by Gasteiger charge is 2.76. The van der Waals surface area contributed by atoms with Crippen molar-refractivity contribution < 1.29 is 39.9 Å². The third kappa shape index (κ3) is 4.71. The van der Waals surface area contributed by atoms with Gasteiger partial charge in [-0.1, -0.05) is 39.3 Å². The molecular formula is C43H57NO8. The number of carbonyl (C=O) groups is 2. The number of benzene rings is 1. The number of ether oxygens (including phenoxy) is 1. The Morgan fingerprint density at radius 3 is 2.60 bits per heavy atom. The lowest BCUT2D eigenvalue weighted by Gasteiger charge is -2.66. The van der Waals surface area contributed by atoms with E-state index in [9.17, 15) is 35.1 Å². The maximum Gasteiger partial charge on any atom is 0.227 e. The molecule has 0 spiro atoms. The minimum atomic E-state index is -1.39. The first kappa shape index (κ1) is 35.2. The van der Waals surface area contributed by atoms with Crippen LogP contribution in [-0.4, -0.2) is 79.4 Å². The van der Waals surface area contributed by atoms with Crippen LogP contribution in [0, 0.1) is 52.3 Å². The van der Waals surface area contributed by atoms with Crippen molar-refractivity contribution in [1.29, 1.82) is 0 Å². The lowest BCUT2D eigenvalue weighted by atomic mass is 9.39. The predicted molar refractivity (Wildman–Crippen MR) is 194 cm³/mol. The molecule has 5 N–H and O–H groups in total. The Morgan fingerprint density at radius 1 is 1.04 bits per heavy atom. The van der Waals surface area contributed by atoms with Crippen molar-refractivity contribution in [3.63, 3.8) is 0 Å². The van der Waals surface area contributed by atoms with E-state index in [1.807, 2.05) is 6.07 Å². The average molecular weight is 716 g/mol. The van der Waals surface area contributed by atoms with Gasteiger partial charge in [0.1, 0.15) is 17.5 Å². The molecule has 8 aliphatic rings. The first-order chi connectivity index (χ1) is 24.7. The number of anilines is 1. The van der Waals surface area contributed by atoms with Crippen molar-refractivity contribution in [2.24, 2.45) is 52.3 Å². The van der Waals surface area contributed by atoms with E-state index in [1.54, 1.807) is 23.1 Å². The number of aliphatic hydroxyl groups excluding tert-OH is 2. The summed E-state index contributed by atoms with van der Waals surface area (Å²) in [6.07, 6.45) is 11.0. The molecule has 9 heteroatoms. The third-order valence-corrected chi connectivity index (χ3v) is 16.3. The van der Waals surface area contributed by atoms with E-state index in [-0.39, 0.29) is 65.2 Å². The molecule has 9 nitrogen and oxygen atoms in total. The average Bonchev–Trinajstić information content (AvgIpc) is 3.72. The van der Waals surface area contributed by atoms with Crippen molar-refractivity contribution in [2.45, 2.75) is 133 Å². The Labute approximate surface area is 307 Å². The molecule has 2 heterocycles. The monoisotopic (exact) mass is 715 g/mol. The largest absolute Gasteiger partial charge is 0.508 e. The summed E-state index contributed by atoms with van der Waals surface area (Å²) in [4.78, 5) is 28.8. The summed E-state index contributed by atoms with van der Waals surface area (Å²) in [5.74, 6) is -0.475. The highest BCUT2D eigenvalue weighted by atomic mass is 16.6. The minimum Gasteiger partial charge on any atom is -0.508 e. The van der Waals surface area contributed by atoms with E-state index in [0.29, 0.717) is 75.9 Å². The molecule has 2 aliphatic heterocycles. The Bertz CT molecular complexity index is 1720. The van der Waals surface area contributed by atoms with Crippen LogP contribution in [0.5, 0.6) is 5.75 Å².